The third kappa shape index (κ3) is 1.79. The zero-order chi connectivity index (χ0) is 11.6. The van der Waals surface area contributed by atoms with Crippen molar-refractivity contribution < 1.29 is 4.11 Å². The van der Waals surface area contributed by atoms with E-state index in [-0.39, 0.29) is 0 Å². The number of nitrogens with zero attached hydrogens (tertiary/aromatic N) is 1. The molecule has 0 spiro atoms. The molecular weight excluding hydrogens is 146 g/mol. The Labute approximate surface area is 79.2 Å². The molecule has 12 heavy (non-hydrogen) atoms. The van der Waals surface area contributed by atoms with Crippen molar-refractivity contribution in [3.05, 3.63) is 29.8 Å². The molecule has 0 atom stereocenters. The summed E-state index contributed by atoms with van der Waals surface area (Å²) in [7, 11) is 1.61. The smallest absolute Gasteiger partial charge is 0.0456 e. The average Bonchev–Trinajstić information content (AvgIpc) is 2.15. The van der Waals surface area contributed by atoms with Crippen LogP contribution in [0.15, 0.2) is 24.3 Å². The van der Waals surface area contributed by atoms with Crippen LogP contribution in [0.5, 0.6) is 0 Å². The predicted molar refractivity (Wildman–Crippen MR) is 54.9 cm³/mol. The third-order valence-electron chi connectivity index (χ3n) is 1.92. The highest BCUT2D eigenvalue weighted by Gasteiger charge is 2.05. The molecule has 0 radical (unpaired) electrons. The summed E-state index contributed by atoms with van der Waals surface area (Å²) in [5, 5.41) is 0. The number of hydrogen-bond donors (Lipinski definition) is 0. The molecule has 0 saturated heterocycles. The third-order valence-corrected chi connectivity index (χ3v) is 1.92. The molecule has 0 aromatic heterocycles. The Hall–Kier alpha value is -0.980. The fourth-order valence-electron chi connectivity index (χ4n) is 1.28. The van der Waals surface area contributed by atoms with Gasteiger partial charge in [0.1, 0.15) is 0 Å². The molecule has 66 valence electrons. The van der Waals surface area contributed by atoms with Crippen LogP contribution >= 0.6 is 0 Å². The fraction of sp³-hybridized carbons (Fsp3) is 0.455. The molecule has 1 aromatic carbocycles. The lowest BCUT2D eigenvalue weighted by Gasteiger charge is -2.19. The van der Waals surface area contributed by atoms with E-state index in [4.69, 9.17) is 4.11 Å². The summed E-state index contributed by atoms with van der Waals surface area (Å²) in [5.41, 5.74) is 1.85. The Morgan fingerprint density at radius 1 is 1.33 bits per heavy atom. The first-order valence-corrected chi connectivity index (χ1v) is 4.17. The van der Waals surface area contributed by atoms with Crippen molar-refractivity contribution in [2.45, 2.75) is 19.8 Å². The average molecular weight is 166 g/mol. The molecule has 1 heteroatoms. The Morgan fingerprint density at radius 2 is 2.00 bits per heavy atom. The van der Waals surface area contributed by atoms with E-state index in [1.165, 1.54) is 4.90 Å². The van der Waals surface area contributed by atoms with Crippen LogP contribution in [0, 0.1) is 0 Å². The molecule has 0 aliphatic carbocycles. The first kappa shape index (κ1) is 5.63. The Bertz CT molecular complexity index is 331. The van der Waals surface area contributed by atoms with Crippen LogP contribution in [0.3, 0.4) is 0 Å². The molecule has 0 bridgehead atoms. The number of hydrogen-bond acceptors (Lipinski definition) is 1. The maximum Gasteiger partial charge on any atom is 0.0456 e. The van der Waals surface area contributed by atoms with Crippen LogP contribution in [-0.2, 0) is 0 Å². The van der Waals surface area contributed by atoms with Crippen molar-refractivity contribution in [2.24, 2.45) is 0 Å². The van der Waals surface area contributed by atoms with Gasteiger partial charge in [0.2, 0.25) is 0 Å². The van der Waals surface area contributed by atoms with E-state index in [9.17, 15) is 0 Å². The van der Waals surface area contributed by atoms with Crippen molar-refractivity contribution >= 4 is 5.69 Å². The molecule has 1 aromatic rings. The van der Waals surface area contributed by atoms with E-state index < -0.39 is 6.98 Å². The molecule has 0 saturated carbocycles. The predicted octanol–water partition coefficient (Wildman–Crippen LogP) is 2.88. The van der Waals surface area contributed by atoms with E-state index in [0.29, 0.717) is 5.92 Å². The van der Waals surface area contributed by atoms with E-state index in [1.807, 2.05) is 24.3 Å². The molecular formula is C11H17N. The highest BCUT2D eigenvalue weighted by Crippen LogP contribution is 2.25. The summed E-state index contributed by atoms with van der Waals surface area (Å²) in [4.78, 5) is 1.35. The molecule has 0 aliphatic heterocycles. The van der Waals surface area contributed by atoms with E-state index in [1.54, 1.807) is 7.05 Å². The lowest BCUT2D eigenvalue weighted by Crippen LogP contribution is -2.11. The number of anilines is 1. The lowest BCUT2D eigenvalue weighted by molar-refractivity contribution is 0.858. The highest BCUT2D eigenvalue weighted by atomic mass is 15.1. The maximum atomic E-state index is 7.37. The molecule has 1 nitrogen and oxygen atoms in total. The van der Waals surface area contributed by atoms with Crippen molar-refractivity contribution in [1.29, 1.82) is 0 Å². The van der Waals surface area contributed by atoms with Crippen LogP contribution < -0.4 is 4.90 Å². The van der Waals surface area contributed by atoms with E-state index in [2.05, 4.69) is 13.8 Å². The van der Waals surface area contributed by atoms with Crippen molar-refractivity contribution in [3.63, 3.8) is 0 Å². The second-order valence-electron chi connectivity index (χ2n) is 3.27. The number of benzene rings is 1. The normalized spacial score (nSPS) is 15.2. The summed E-state index contributed by atoms with van der Waals surface area (Å²) in [6, 6.07) is 7.62. The van der Waals surface area contributed by atoms with Crippen molar-refractivity contribution in [1.82, 2.24) is 0 Å². The maximum absolute atomic E-state index is 7.37. The standard InChI is InChI=1S/C11H17N/c1-9(2)10-7-5-6-8-11(10)12(3)4/h5-9H,1-4H3/i3D3. The summed E-state index contributed by atoms with van der Waals surface area (Å²) in [6.45, 7) is 2.05. The van der Waals surface area contributed by atoms with Crippen LogP contribution in [0.4, 0.5) is 5.69 Å². The first-order valence-electron chi connectivity index (χ1n) is 5.67. The van der Waals surface area contributed by atoms with Gasteiger partial charge in [0, 0.05) is 23.8 Å². The van der Waals surface area contributed by atoms with Crippen molar-refractivity contribution in [2.75, 3.05) is 18.9 Å². The summed E-state index contributed by atoms with van der Waals surface area (Å²) in [5.74, 6) is 0.325. The van der Waals surface area contributed by atoms with Crippen LogP contribution in [-0.4, -0.2) is 14.0 Å². The molecule has 1 rings (SSSR count). The Kier molecular flexibility index (Phi) is 1.70. The lowest BCUT2D eigenvalue weighted by atomic mass is 10.0. The fourth-order valence-corrected chi connectivity index (χ4v) is 1.28. The topological polar surface area (TPSA) is 3.24 Å². The van der Waals surface area contributed by atoms with Gasteiger partial charge in [0.25, 0.3) is 0 Å². The minimum atomic E-state index is -2.08. The van der Waals surface area contributed by atoms with Gasteiger partial charge in [-0.3, -0.25) is 0 Å². The minimum absolute atomic E-state index is 0.325. The van der Waals surface area contributed by atoms with Gasteiger partial charge in [0.15, 0.2) is 0 Å². The van der Waals surface area contributed by atoms with Gasteiger partial charge in [0.05, 0.1) is 0 Å². The van der Waals surface area contributed by atoms with Gasteiger partial charge >= 0.3 is 0 Å². The van der Waals surface area contributed by atoms with Gasteiger partial charge in [-0.15, -0.1) is 0 Å². The van der Waals surface area contributed by atoms with Gasteiger partial charge in [-0.1, -0.05) is 32.0 Å². The second-order valence-corrected chi connectivity index (χ2v) is 3.27. The number of rotatable bonds is 2. The molecule has 0 amide bonds. The largest absolute Gasteiger partial charge is 0.377 e. The van der Waals surface area contributed by atoms with Gasteiger partial charge in [-0.2, -0.15) is 0 Å². The van der Waals surface area contributed by atoms with Crippen LogP contribution in [0.2, 0.25) is 0 Å². The zero-order valence-electron chi connectivity index (χ0n) is 10.8. The minimum Gasteiger partial charge on any atom is -0.377 e. The van der Waals surface area contributed by atoms with Gasteiger partial charge in [-0.05, 0) is 17.5 Å². The second kappa shape index (κ2) is 3.61. The van der Waals surface area contributed by atoms with Crippen molar-refractivity contribution in [3.8, 4) is 0 Å². The summed E-state index contributed by atoms with van der Waals surface area (Å²) < 4.78 is 22.1. The van der Waals surface area contributed by atoms with Gasteiger partial charge in [-0.25, -0.2) is 0 Å². The summed E-state index contributed by atoms with van der Waals surface area (Å²) >= 11 is 0. The highest BCUT2D eigenvalue weighted by molar-refractivity contribution is 5.53. The first-order chi connectivity index (χ1) is 6.84. The molecule has 0 fully saturated rings. The molecule has 0 aliphatic rings. The Balaban J connectivity index is 3.14. The van der Waals surface area contributed by atoms with Gasteiger partial charge < -0.3 is 4.90 Å². The number of para-hydroxylation sites is 1. The molecule has 0 heterocycles. The van der Waals surface area contributed by atoms with E-state index >= 15 is 0 Å². The Morgan fingerprint density at radius 3 is 2.58 bits per heavy atom. The quantitative estimate of drug-likeness (QED) is 0.653. The summed E-state index contributed by atoms with van der Waals surface area (Å²) in [6.07, 6.45) is 0. The zero-order valence-corrected chi connectivity index (χ0v) is 7.83. The molecule has 0 N–H and O–H groups in total. The monoisotopic (exact) mass is 166 g/mol. The SMILES string of the molecule is [2H]C([2H])([2H])N(C)c1ccccc1C(C)C. The molecule has 0 unspecified atom stereocenters. The van der Waals surface area contributed by atoms with Crippen LogP contribution in [0.1, 0.15) is 29.4 Å². The van der Waals surface area contributed by atoms with Crippen LogP contribution in [0.25, 0.3) is 0 Å². The van der Waals surface area contributed by atoms with E-state index in [0.717, 1.165) is 11.3 Å².